The molecule has 0 bridgehead atoms. The van der Waals surface area contributed by atoms with Crippen molar-refractivity contribution in [3.63, 3.8) is 0 Å². The number of halogens is 2. The second-order valence-corrected chi connectivity index (χ2v) is 7.29. The van der Waals surface area contributed by atoms with Crippen LogP contribution in [0.3, 0.4) is 0 Å². The van der Waals surface area contributed by atoms with E-state index in [-0.39, 0.29) is 24.5 Å². The molecule has 6 nitrogen and oxygen atoms in total. The molecule has 0 radical (unpaired) electrons. The molecule has 0 unspecified atom stereocenters. The molecule has 2 N–H and O–H groups in total. The Morgan fingerprint density at radius 3 is 2.65 bits per heavy atom. The lowest BCUT2D eigenvalue weighted by Gasteiger charge is -2.29. The number of aromatic nitrogens is 3. The molecule has 0 saturated heterocycles. The van der Waals surface area contributed by atoms with Crippen molar-refractivity contribution in [2.45, 2.75) is 51.1 Å². The van der Waals surface area contributed by atoms with E-state index in [0.29, 0.717) is 17.2 Å². The summed E-state index contributed by atoms with van der Waals surface area (Å²) in [5.74, 6) is 0.266. The summed E-state index contributed by atoms with van der Waals surface area (Å²) in [6, 6.07) is 1.79. The number of alkyl halides is 2. The molecular formula is C17H21F2N5OS. The Labute approximate surface area is 154 Å². The van der Waals surface area contributed by atoms with Crippen LogP contribution in [0.5, 0.6) is 0 Å². The molecular weight excluding hydrogens is 360 g/mol. The molecule has 26 heavy (non-hydrogen) atoms. The second-order valence-electron chi connectivity index (χ2n) is 6.41. The van der Waals surface area contributed by atoms with E-state index in [4.69, 9.17) is 0 Å². The molecule has 0 spiro atoms. The molecule has 140 valence electrons. The number of thiazole rings is 1. The molecule has 1 aliphatic carbocycles. The molecule has 2 aromatic rings. The van der Waals surface area contributed by atoms with Crippen molar-refractivity contribution in [1.29, 1.82) is 0 Å². The summed E-state index contributed by atoms with van der Waals surface area (Å²) in [4.78, 5) is 26.1. The maximum atomic E-state index is 12.6. The van der Waals surface area contributed by atoms with Gasteiger partial charge in [0, 0.05) is 24.0 Å². The highest BCUT2D eigenvalue weighted by Crippen LogP contribution is 2.21. The van der Waals surface area contributed by atoms with Crippen LogP contribution in [-0.4, -0.2) is 45.9 Å². The molecule has 0 aliphatic heterocycles. The van der Waals surface area contributed by atoms with Gasteiger partial charge in [0.25, 0.3) is 12.3 Å². The van der Waals surface area contributed by atoms with Crippen molar-refractivity contribution in [1.82, 2.24) is 25.6 Å². The molecule has 2 aromatic heterocycles. The highest BCUT2D eigenvalue weighted by molar-refractivity contribution is 7.13. The Morgan fingerprint density at radius 1 is 1.27 bits per heavy atom. The van der Waals surface area contributed by atoms with Gasteiger partial charge in [0.05, 0.1) is 16.9 Å². The average Bonchev–Trinajstić information content (AvgIpc) is 3.15. The molecule has 3 rings (SSSR count). The molecule has 2 heterocycles. The largest absolute Gasteiger partial charge is 0.348 e. The summed E-state index contributed by atoms with van der Waals surface area (Å²) >= 11 is 1.42. The predicted octanol–water partition coefficient (Wildman–Crippen LogP) is 2.80. The first-order chi connectivity index (χ1) is 12.5. The van der Waals surface area contributed by atoms with Gasteiger partial charge < -0.3 is 10.6 Å². The lowest BCUT2D eigenvalue weighted by molar-refractivity contribution is 0.0917. The minimum atomic E-state index is -2.33. The summed E-state index contributed by atoms with van der Waals surface area (Å²) in [5, 5.41) is 5.87. The van der Waals surface area contributed by atoms with E-state index in [9.17, 15) is 13.6 Å². The first-order valence-electron chi connectivity index (χ1n) is 8.58. The number of hydrogen-bond acceptors (Lipinski definition) is 6. The summed E-state index contributed by atoms with van der Waals surface area (Å²) in [6.07, 6.45) is 2.41. The van der Waals surface area contributed by atoms with E-state index in [0.717, 1.165) is 30.6 Å². The van der Waals surface area contributed by atoms with Gasteiger partial charge in [-0.05, 0) is 38.7 Å². The first kappa shape index (κ1) is 18.8. The zero-order valence-electron chi connectivity index (χ0n) is 14.4. The molecule has 1 saturated carbocycles. The van der Waals surface area contributed by atoms with Gasteiger partial charge in [-0.1, -0.05) is 0 Å². The maximum Gasteiger partial charge on any atom is 0.270 e. The van der Waals surface area contributed by atoms with E-state index in [1.807, 2.05) is 6.92 Å². The highest BCUT2D eigenvalue weighted by Gasteiger charge is 2.24. The summed E-state index contributed by atoms with van der Waals surface area (Å²) < 4.78 is 24.5. The number of amides is 1. The quantitative estimate of drug-likeness (QED) is 0.804. The van der Waals surface area contributed by atoms with E-state index in [2.05, 4.69) is 25.6 Å². The smallest absolute Gasteiger partial charge is 0.270 e. The third kappa shape index (κ3) is 5.01. The number of hydrogen-bond donors (Lipinski definition) is 2. The Balaban J connectivity index is 1.57. The van der Waals surface area contributed by atoms with Crippen LogP contribution >= 0.6 is 11.3 Å². The number of nitrogens with zero attached hydrogens (tertiary/aromatic N) is 3. The summed E-state index contributed by atoms with van der Waals surface area (Å²) in [5.41, 5.74) is 2.74. The molecule has 1 amide bonds. The van der Waals surface area contributed by atoms with Gasteiger partial charge in [-0.2, -0.15) is 0 Å². The third-order valence-corrected chi connectivity index (χ3v) is 5.13. The Hall–Kier alpha value is -2.00. The lowest BCUT2D eigenvalue weighted by atomic mass is 9.91. The van der Waals surface area contributed by atoms with Crippen LogP contribution in [-0.2, 0) is 0 Å². The fourth-order valence-electron chi connectivity index (χ4n) is 3.08. The van der Waals surface area contributed by atoms with E-state index in [1.165, 1.54) is 11.3 Å². The molecule has 0 atom stereocenters. The number of aryl methyl sites for hydroxylation is 1. The van der Waals surface area contributed by atoms with Gasteiger partial charge in [-0.25, -0.2) is 18.7 Å². The maximum absolute atomic E-state index is 12.6. The van der Waals surface area contributed by atoms with Crippen LogP contribution in [0.4, 0.5) is 8.78 Å². The van der Waals surface area contributed by atoms with Crippen LogP contribution in [0.2, 0.25) is 0 Å². The van der Waals surface area contributed by atoms with Crippen LogP contribution in [0.15, 0.2) is 17.8 Å². The standard InChI is InChI=1S/C17H21F2N5OS/c1-10-6-13(24-16(22-10)14-7-20-9-26-14)17(25)23-12-4-2-11(3-5-12)21-8-15(18)19/h6-7,9,11-12,15,21H,2-5,8H2,1H3,(H,23,25). The third-order valence-electron chi connectivity index (χ3n) is 4.36. The van der Waals surface area contributed by atoms with Gasteiger partial charge >= 0.3 is 0 Å². The number of carbonyl (C=O) groups is 1. The Bertz CT molecular complexity index is 733. The number of rotatable bonds is 6. The molecule has 0 aromatic carbocycles. The lowest BCUT2D eigenvalue weighted by Crippen LogP contribution is -2.43. The minimum absolute atomic E-state index is 0.0363. The van der Waals surface area contributed by atoms with Crippen LogP contribution in [0, 0.1) is 6.92 Å². The number of nitrogens with one attached hydrogen (secondary N) is 2. The highest BCUT2D eigenvalue weighted by atomic mass is 32.1. The Morgan fingerprint density at radius 2 is 2.00 bits per heavy atom. The first-order valence-corrected chi connectivity index (χ1v) is 9.46. The van der Waals surface area contributed by atoms with Crippen molar-refractivity contribution < 1.29 is 13.6 Å². The van der Waals surface area contributed by atoms with E-state index < -0.39 is 6.43 Å². The van der Waals surface area contributed by atoms with Crippen molar-refractivity contribution in [3.8, 4) is 10.7 Å². The van der Waals surface area contributed by atoms with Gasteiger partial charge in [-0.3, -0.25) is 9.78 Å². The van der Waals surface area contributed by atoms with Crippen molar-refractivity contribution >= 4 is 17.2 Å². The summed E-state index contributed by atoms with van der Waals surface area (Å²) in [7, 11) is 0. The predicted molar refractivity (Wildman–Crippen MR) is 95.4 cm³/mol. The molecule has 9 heteroatoms. The number of carbonyl (C=O) groups excluding carboxylic acids is 1. The monoisotopic (exact) mass is 381 g/mol. The zero-order chi connectivity index (χ0) is 18.5. The van der Waals surface area contributed by atoms with E-state index >= 15 is 0 Å². The molecule has 1 aliphatic rings. The fraction of sp³-hybridized carbons (Fsp3) is 0.529. The molecule has 1 fully saturated rings. The van der Waals surface area contributed by atoms with Crippen LogP contribution in [0.1, 0.15) is 41.9 Å². The van der Waals surface area contributed by atoms with Crippen molar-refractivity contribution in [3.05, 3.63) is 29.2 Å². The topological polar surface area (TPSA) is 79.8 Å². The zero-order valence-corrected chi connectivity index (χ0v) is 15.2. The summed E-state index contributed by atoms with van der Waals surface area (Å²) in [6.45, 7) is 1.55. The van der Waals surface area contributed by atoms with Gasteiger partial charge in [0.2, 0.25) is 0 Å². The van der Waals surface area contributed by atoms with E-state index in [1.54, 1.807) is 17.8 Å². The fourth-order valence-corrected chi connectivity index (χ4v) is 3.63. The van der Waals surface area contributed by atoms with Crippen molar-refractivity contribution in [2.24, 2.45) is 0 Å². The van der Waals surface area contributed by atoms with Gasteiger partial charge in [0.15, 0.2) is 5.82 Å². The SMILES string of the molecule is Cc1cc(C(=O)NC2CCC(NCC(F)F)CC2)nc(-c2cncs2)n1. The Kier molecular flexibility index (Phi) is 6.20. The van der Waals surface area contributed by atoms with Gasteiger partial charge in [0.1, 0.15) is 5.69 Å². The minimum Gasteiger partial charge on any atom is -0.348 e. The van der Waals surface area contributed by atoms with Crippen LogP contribution < -0.4 is 10.6 Å². The van der Waals surface area contributed by atoms with Gasteiger partial charge in [-0.15, -0.1) is 11.3 Å². The normalized spacial score (nSPS) is 20.3. The van der Waals surface area contributed by atoms with Crippen LogP contribution in [0.25, 0.3) is 10.7 Å². The van der Waals surface area contributed by atoms with Crippen molar-refractivity contribution in [2.75, 3.05) is 6.54 Å². The second kappa shape index (κ2) is 8.59. The average molecular weight is 381 g/mol.